The minimum Gasteiger partial charge on any atom is -0.328 e. The van der Waals surface area contributed by atoms with Crippen LogP contribution in [0, 0.1) is 5.41 Å². The van der Waals surface area contributed by atoms with Crippen LogP contribution in [0.2, 0.25) is 0 Å². The maximum atomic E-state index is 15.1. The molecule has 3 aromatic rings. The first-order chi connectivity index (χ1) is 19.4. The number of halogens is 1. The molecule has 9 nitrogen and oxygen atoms in total. The molecule has 11 heteroatoms. The number of nitrogens with zero attached hydrogens (tertiary/aromatic N) is 5. The maximum absolute atomic E-state index is 15.1. The van der Waals surface area contributed by atoms with Crippen LogP contribution in [0.4, 0.5) is 9.18 Å². The van der Waals surface area contributed by atoms with Gasteiger partial charge in [0.05, 0.1) is 24.5 Å². The molecule has 1 aliphatic rings. The largest absolute Gasteiger partial charge is 0.328 e. The molecule has 1 aromatic heterocycles. The van der Waals surface area contributed by atoms with E-state index in [-0.39, 0.29) is 45.3 Å². The number of piperazine rings is 1. The number of imidazole rings is 1. The minimum atomic E-state index is -3.37. The van der Waals surface area contributed by atoms with Gasteiger partial charge < -0.3 is 20.1 Å². The van der Waals surface area contributed by atoms with Crippen molar-refractivity contribution in [3.8, 4) is 11.3 Å². The lowest BCUT2D eigenvalue weighted by Crippen LogP contribution is -2.56. The number of amides is 2. The number of rotatable bonds is 9. The molecule has 4 rings (SSSR count). The summed E-state index contributed by atoms with van der Waals surface area (Å²) in [5.74, 6) is 0.646. The highest BCUT2D eigenvalue weighted by atomic mass is 32.2. The average molecular weight is 585 g/mol. The van der Waals surface area contributed by atoms with Crippen LogP contribution in [-0.4, -0.2) is 89.8 Å². The zero-order chi connectivity index (χ0) is 29.8. The predicted octanol–water partition coefficient (Wildman–Crippen LogP) is 3.98. The van der Waals surface area contributed by atoms with Crippen molar-refractivity contribution in [2.24, 2.45) is 11.1 Å². The molecule has 0 bridgehead atoms. The fraction of sp³-hybridized carbons (Fsp3) is 0.467. The molecule has 1 unspecified atom stereocenters. The normalized spacial score (nSPS) is 16.4. The zero-order valence-corrected chi connectivity index (χ0v) is 25.1. The molecule has 0 spiro atoms. The van der Waals surface area contributed by atoms with Crippen LogP contribution in [-0.2, 0) is 16.6 Å². The van der Waals surface area contributed by atoms with Crippen LogP contribution in [0.1, 0.15) is 38.2 Å². The molecule has 1 saturated heterocycles. The van der Waals surface area contributed by atoms with E-state index in [2.05, 4.69) is 0 Å². The van der Waals surface area contributed by atoms with E-state index in [1.54, 1.807) is 9.80 Å². The summed E-state index contributed by atoms with van der Waals surface area (Å²) in [6.07, 6.45) is 1.71. The van der Waals surface area contributed by atoms with E-state index in [9.17, 15) is 13.2 Å². The van der Waals surface area contributed by atoms with Crippen molar-refractivity contribution in [1.82, 2.24) is 23.7 Å². The number of carbonyl (C=O) groups is 1. The second-order valence-corrected chi connectivity index (χ2v) is 13.6. The Kier molecular flexibility index (Phi) is 9.51. The van der Waals surface area contributed by atoms with Gasteiger partial charge in [0.2, 0.25) is 10.0 Å². The summed E-state index contributed by atoms with van der Waals surface area (Å²) in [4.78, 5) is 22.4. The topological polar surface area (TPSA) is 105 Å². The summed E-state index contributed by atoms with van der Waals surface area (Å²) >= 11 is 0. The van der Waals surface area contributed by atoms with Crippen LogP contribution in [0.25, 0.3) is 11.3 Å². The minimum absolute atomic E-state index is 0.190. The summed E-state index contributed by atoms with van der Waals surface area (Å²) in [6, 6.07) is 18.9. The second kappa shape index (κ2) is 12.7. The monoisotopic (exact) mass is 584 g/mol. The Morgan fingerprint density at radius 2 is 1.61 bits per heavy atom. The lowest BCUT2D eigenvalue weighted by atomic mass is 9.84. The van der Waals surface area contributed by atoms with Gasteiger partial charge in [-0.15, -0.1) is 0 Å². The average Bonchev–Trinajstić information content (AvgIpc) is 3.34. The van der Waals surface area contributed by atoms with Gasteiger partial charge in [-0.05, 0) is 11.0 Å². The second-order valence-electron chi connectivity index (χ2n) is 11.6. The molecule has 2 atom stereocenters. The first-order valence-corrected chi connectivity index (χ1v) is 15.7. The number of aromatic nitrogens is 2. The van der Waals surface area contributed by atoms with Crippen molar-refractivity contribution in [3.63, 3.8) is 0 Å². The van der Waals surface area contributed by atoms with Gasteiger partial charge in [-0.2, -0.15) is 4.31 Å². The Morgan fingerprint density at radius 3 is 2.15 bits per heavy atom. The molecule has 1 aliphatic heterocycles. The Balaban J connectivity index is 1.78. The van der Waals surface area contributed by atoms with Gasteiger partial charge in [0, 0.05) is 51.0 Å². The number of benzene rings is 2. The fourth-order valence-corrected chi connectivity index (χ4v) is 6.10. The van der Waals surface area contributed by atoms with E-state index < -0.39 is 27.7 Å². The highest BCUT2D eigenvalue weighted by molar-refractivity contribution is 7.88. The van der Waals surface area contributed by atoms with Crippen molar-refractivity contribution in [2.75, 3.05) is 45.5 Å². The molecule has 41 heavy (non-hydrogen) atoms. The summed E-state index contributed by atoms with van der Waals surface area (Å²) < 4.78 is 42.6. The molecule has 0 saturated carbocycles. The van der Waals surface area contributed by atoms with Crippen molar-refractivity contribution in [2.45, 2.75) is 39.5 Å². The van der Waals surface area contributed by atoms with Gasteiger partial charge in [0.25, 0.3) is 0 Å². The van der Waals surface area contributed by atoms with Gasteiger partial charge in [0.1, 0.15) is 12.0 Å². The predicted molar refractivity (Wildman–Crippen MR) is 159 cm³/mol. The molecule has 1 fully saturated rings. The third-order valence-corrected chi connectivity index (χ3v) is 8.63. The number of hydrogen-bond donors (Lipinski definition) is 1. The summed E-state index contributed by atoms with van der Waals surface area (Å²) in [6.45, 7) is 6.94. The molecule has 2 aromatic carbocycles. The standard InChI is InChI=1S/C30H41FN6O3S/c1-30(2,3)27(37(21-25(31)19-32)29(38)34-15-17-36(18-16-34)41(4,39)40)28-33-26(24-13-9-6-10-14-24)22-35(28)20-23-11-7-5-8-12-23/h5-14,22,25,27H,15-21,32H2,1-4H3/t25?,27-/m0/s1. The van der Waals surface area contributed by atoms with E-state index in [4.69, 9.17) is 10.7 Å². The highest BCUT2D eigenvalue weighted by Crippen LogP contribution is 2.40. The Hall–Kier alpha value is -3.28. The van der Waals surface area contributed by atoms with E-state index in [0.717, 1.165) is 23.1 Å². The van der Waals surface area contributed by atoms with Crippen LogP contribution >= 0.6 is 0 Å². The molecule has 2 amide bonds. The van der Waals surface area contributed by atoms with Crippen molar-refractivity contribution < 1.29 is 17.6 Å². The zero-order valence-electron chi connectivity index (χ0n) is 24.3. The fourth-order valence-electron chi connectivity index (χ4n) is 5.27. The molecular formula is C30H41FN6O3S. The molecule has 222 valence electrons. The number of sulfonamides is 1. The van der Waals surface area contributed by atoms with E-state index in [0.29, 0.717) is 12.4 Å². The Bertz CT molecular complexity index is 1400. The van der Waals surface area contributed by atoms with Crippen LogP contribution in [0.3, 0.4) is 0 Å². The van der Waals surface area contributed by atoms with E-state index >= 15 is 4.39 Å². The third-order valence-electron chi connectivity index (χ3n) is 7.32. The molecule has 0 radical (unpaired) electrons. The number of nitrogens with two attached hydrogens (primary N) is 1. The number of alkyl halides is 1. The first kappa shape index (κ1) is 30.7. The van der Waals surface area contributed by atoms with Crippen molar-refractivity contribution in [1.29, 1.82) is 0 Å². The number of carbonyl (C=O) groups excluding carboxylic acids is 1. The SMILES string of the molecule is CC(C)(C)[C@H](c1nc(-c2ccccc2)cn1Cc1ccccc1)N(CC(F)CN)C(=O)N1CCN(S(C)(=O)=O)CC1. The van der Waals surface area contributed by atoms with E-state index in [1.807, 2.05) is 92.2 Å². The quantitative estimate of drug-likeness (QED) is 0.410. The number of hydrogen-bond acceptors (Lipinski definition) is 5. The smallest absolute Gasteiger partial charge is 0.320 e. The van der Waals surface area contributed by atoms with Gasteiger partial charge >= 0.3 is 6.03 Å². The molecule has 0 aliphatic carbocycles. The Labute approximate surface area is 242 Å². The molecular weight excluding hydrogens is 543 g/mol. The van der Waals surface area contributed by atoms with Crippen molar-refractivity contribution in [3.05, 3.63) is 78.2 Å². The van der Waals surface area contributed by atoms with Gasteiger partial charge in [-0.3, -0.25) is 0 Å². The summed E-state index contributed by atoms with van der Waals surface area (Å²) in [7, 11) is -3.37. The number of urea groups is 1. The van der Waals surface area contributed by atoms with Crippen LogP contribution < -0.4 is 5.73 Å². The van der Waals surface area contributed by atoms with Crippen LogP contribution in [0.5, 0.6) is 0 Å². The van der Waals surface area contributed by atoms with Gasteiger partial charge in [-0.25, -0.2) is 22.6 Å². The maximum Gasteiger partial charge on any atom is 0.320 e. The molecule has 2 heterocycles. The Morgan fingerprint density at radius 1 is 1.02 bits per heavy atom. The summed E-state index contributed by atoms with van der Waals surface area (Å²) in [5.41, 5.74) is 7.94. The van der Waals surface area contributed by atoms with Crippen molar-refractivity contribution >= 4 is 16.1 Å². The lowest BCUT2D eigenvalue weighted by Gasteiger charge is -2.44. The highest BCUT2D eigenvalue weighted by Gasteiger charge is 2.41. The molecule has 2 N–H and O–H groups in total. The lowest BCUT2D eigenvalue weighted by molar-refractivity contribution is 0.0615. The third kappa shape index (κ3) is 7.52. The van der Waals surface area contributed by atoms with Gasteiger partial charge in [-0.1, -0.05) is 81.4 Å². The first-order valence-electron chi connectivity index (χ1n) is 13.9. The van der Waals surface area contributed by atoms with Crippen LogP contribution in [0.15, 0.2) is 66.9 Å². The van der Waals surface area contributed by atoms with E-state index in [1.165, 1.54) is 4.31 Å². The van der Waals surface area contributed by atoms with Gasteiger partial charge in [0.15, 0.2) is 0 Å². The summed E-state index contributed by atoms with van der Waals surface area (Å²) in [5, 5.41) is 0.